The number of nitrogens with one attached hydrogen (secondary N) is 1. The first-order valence-electron chi connectivity index (χ1n) is 6.89. The van der Waals surface area contributed by atoms with Crippen molar-refractivity contribution in [3.63, 3.8) is 0 Å². The van der Waals surface area contributed by atoms with Gasteiger partial charge in [-0.2, -0.15) is 0 Å². The molecule has 20 heavy (non-hydrogen) atoms. The molecule has 0 aliphatic carbocycles. The number of rotatable bonds is 6. The molecule has 0 bridgehead atoms. The van der Waals surface area contributed by atoms with Gasteiger partial charge in [0.05, 0.1) is 0 Å². The van der Waals surface area contributed by atoms with E-state index in [9.17, 15) is 0 Å². The minimum absolute atomic E-state index is 0.395. The molecule has 0 radical (unpaired) electrons. The van der Waals surface area contributed by atoms with Gasteiger partial charge in [0.1, 0.15) is 0 Å². The van der Waals surface area contributed by atoms with Gasteiger partial charge in [-0.05, 0) is 48.4 Å². The molecule has 1 atom stereocenters. The predicted octanol–water partition coefficient (Wildman–Crippen LogP) is 4.93. The fourth-order valence-electron chi connectivity index (χ4n) is 2.34. The Balaban J connectivity index is 2.19. The van der Waals surface area contributed by atoms with Crippen molar-refractivity contribution >= 4 is 23.2 Å². The van der Waals surface area contributed by atoms with Crippen molar-refractivity contribution in [2.75, 3.05) is 13.1 Å². The Morgan fingerprint density at radius 3 is 2.35 bits per heavy atom. The molecule has 0 spiro atoms. The third-order valence-corrected chi connectivity index (χ3v) is 3.80. The van der Waals surface area contributed by atoms with Crippen LogP contribution >= 0.6 is 23.2 Å². The lowest BCUT2D eigenvalue weighted by Crippen LogP contribution is -2.22. The largest absolute Gasteiger partial charge is 0.316 e. The van der Waals surface area contributed by atoms with Crippen molar-refractivity contribution in [2.24, 2.45) is 0 Å². The van der Waals surface area contributed by atoms with Crippen LogP contribution in [0.15, 0.2) is 48.5 Å². The summed E-state index contributed by atoms with van der Waals surface area (Å²) in [6.45, 7) is 4.02. The molecule has 2 aromatic rings. The van der Waals surface area contributed by atoms with Crippen LogP contribution in [-0.4, -0.2) is 13.1 Å². The second-order valence-electron chi connectivity index (χ2n) is 4.89. The molecule has 0 aromatic heterocycles. The highest BCUT2D eigenvalue weighted by Crippen LogP contribution is 2.24. The maximum Gasteiger partial charge on any atom is 0.0408 e. The minimum atomic E-state index is 0.395. The Bertz CT molecular complexity index is 554. The van der Waals surface area contributed by atoms with E-state index < -0.39 is 0 Å². The minimum Gasteiger partial charge on any atom is -0.316 e. The lowest BCUT2D eigenvalue weighted by atomic mass is 9.92. The molecular formula is C17H19Cl2N. The van der Waals surface area contributed by atoms with Crippen LogP contribution in [0.2, 0.25) is 10.0 Å². The number of halogens is 2. The summed E-state index contributed by atoms with van der Waals surface area (Å²) >= 11 is 12.2. The Morgan fingerprint density at radius 1 is 1.00 bits per heavy atom. The van der Waals surface area contributed by atoms with Gasteiger partial charge in [0.25, 0.3) is 0 Å². The molecule has 106 valence electrons. The van der Waals surface area contributed by atoms with E-state index in [1.54, 1.807) is 0 Å². The standard InChI is InChI=1S/C17H19Cl2N/c1-2-20-12-15(14-6-4-8-17(19)11-14)9-13-5-3-7-16(18)10-13/h3-8,10-11,15,20H,2,9,12H2,1H3. The van der Waals surface area contributed by atoms with E-state index in [1.165, 1.54) is 11.1 Å². The predicted molar refractivity (Wildman–Crippen MR) is 87.9 cm³/mol. The average molecular weight is 308 g/mol. The summed E-state index contributed by atoms with van der Waals surface area (Å²) in [5.41, 5.74) is 2.51. The first-order valence-corrected chi connectivity index (χ1v) is 7.65. The molecule has 0 fully saturated rings. The second kappa shape index (κ2) is 7.68. The molecule has 0 aliphatic rings. The summed E-state index contributed by atoms with van der Waals surface area (Å²) < 4.78 is 0. The molecule has 1 N–H and O–H groups in total. The molecular weight excluding hydrogens is 289 g/mol. The van der Waals surface area contributed by atoms with Crippen LogP contribution in [0.3, 0.4) is 0 Å². The highest BCUT2D eigenvalue weighted by molar-refractivity contribution is 6.30. The first kappa shape index (κ1) is 15.4. The van der Waals surface area contributed by atoms with Gasteiger partial charge < -0.3 is 5.32 Å². The summed E-state index contributed by atoms with van der Waals surface area (Å²) in [6, 6.07) is 16.2. The molecule has 0 aliphatic heterocycles. The van der Waals surface area contributed by atoms with Crippen LogP contribution in [0.5, 0.6) is 0 Å². The second-order valence-corrected chi connectivity index (χ2v) is 5.77. The smallest absolute Gasteiger partial charge is 0.0408 e. The number of hydrogen-bond acceptors (Lipinski definition) is 1. The van der Waals surface area contributed by atoms with Gasteiger partial charge in [-0.25, -0.2) is 0 Å². The summed E-state index contributed by atoms with van der Waals surface area (Å²) in [7, 11) is 0. The molecule has 1 nitrogen and oxygen atoms in total. The van der Waals surface area contributed by atoms with Crippen molar-refractivity contribution in [1.29, 1.82) is 0 Å². The molecule has 0 saturated heterocycles. The van der Waals surface area contributed by atoms with E-state index >= 15 is 0 Å². The van der Waals surface area contributed by atoms with Gasteiger partial charge in [0.2, 0.25) is 0 Å². The maximum absolute atomic E-state index is 6.11. The van der Waals surface area contributed by atoms with Gasteiger partial charge in [-0.15, -0.1) is 0 Å². The van der Waals surface area contributed by atoms with Gasteiger partial charge in [-0.3, -0.25) is 0 Å². The maximum atomic E-state index is 6.11. The summed E-state index contributed by atoms with van der Waals surface area (Å²) in [4.78, 5) is 0. The van der Waals surface area contributed by atoms with Crippen molar-refractivity contribution in [3.05, 3.63) is 69.7 Å². The highest BCUT2D eigenvalue weighted by Gasteiger charge is 2.12. The van der Waals surface area contributed by atoms with Crippen LogP contribution in [0.4, 0.5) is 0 Å². The van der Waals surface area contributed by atoms with Gasteiger partial charge in [0.15, 0.2) is 0 Å². The van der Waals surface area contributed by atoms with Gasteiger partial charge in [-0.1, -0.05) is 54.4 Å². The first-order chi connectivity index (χ1) is 9.69. The van der Waals surface area contributed by atoms with E-state index in [0.29, 0.717) is 5.92 Å². The molecule has 3 heteroatoms. The molecule has 0 heterocycles. The fourth-order valence-corrected chi connectivity index (χ4v) is 2.75. The Hall–Kier alpha value is -1.02. The zero-order valence-electron chi connectivity index (χ0n) is 11.6. The molecule has 2 aromatic carbocycles. The summed E-state index contributed by atoms with van der Waals surface area (Å²) in [5.74, 6) is 0.395. The fraction of sp³-hybridized carbons (Fsp3) is 0.294. The van der Waals surface area contributed by atoms with Crippen molar-refractivity contribution < 1.29 is 0 Å². The van der Waals surface area contributed by atoms with E-state index in [0.717, 1.165) is 29.6 Å². The number of hydrogen-bond donors (Lipinski definition) is 1. The topological polar surface area (TPSA) is 12.0 Å². The third-order valence-electron chi connectivity index (χ3n) is 3.33. The van der Waals surface area contributed by atoms with Crippen LogP contribution in [0.25, 0.3) is 0 Å². The Morgan fingerprint density at radius 2 is 1.70 bits per heavy atom. The zero-order chi connectivity index (χ0) is 14.4. The lowest BCUT2D eigenvalue weighted by molar-refractivity contribution is 0.595. The Labute approximate surface area is 130 Å². The van der Waals surface area contributed by atoms with Crippen LogP contribution in [-0.2, 0) is 6.42 Å². The number of likely N-dealkylation sites (N-methyl/N-ethyl adjacent to an activating group) is 1. The monoisotopic (exact) mass is 307 g/mol. The van der Waals surface area contributed by atoms with E-state index in [-0.39, 0.29) is 0 Å². The third kappa shape index (κ3) is 4.52. The van der Waals surface area contributed by atoms with Crippen LogP contribution in [0.1, 0.15) is 24.0 Å². The molecule has 2 rings (SSSR count). The van der Waals surface area contributed by atoms with Gasteiger partial charge in [0, 0.05) is 22.5 Å². The molecule has 0 saturated carbocycles. The van der Waals surface area contributed by atoms with Crippen molar-refractivity contribution in [1.82, 2.24) is 5.32 Å². The van der Waals surface area contributed by atoms with Crippen LogP contribution in [0, 0.1) is 0 Å². The van der Waals surface area contributed by atoms with Gasteiger partial charge >= 0.3 is 0 Å². The van der Waals surface area contributed by atoms with E-state index in [4.69, 9.17) is 23.2 Å². The Kier molecular flexibility index (Phi) is 5.90. The quantitative estimate of drug-likeness (QED) is 0.798. The number of benzene rings is 2. The van der Waals surface area contributed by atoms with Crippen molar-refractivity contribution in [2.45, 2.75) is 19.3 Å². The zero-order valence-corrected chi connectivity index (χ0v) is 13.1. The normalized spacial score (nSPS) is 12.3. The summed E-state index contributed by atoms with van der Waals surface area (Å²) in [5, 5.41) is 5.00. The molecule has 0 amide bonds. The molecule has 1 unspecified atom stereocenters. The van der Waals surface area contributed by atoms with Crippen LogP contribution < -0.4 is 5.32 Å². The van der Waals surface area contributed by atoms with E-state index in [2.05, 4.69) is 24.4 Å². The average Bonchev–Trinajstić information content (AvgIpc) is 2.43. The highest BCUT2D eigenvalue weighted by atomic mass is 35.5. The SMILES string of the molecule is CCNCC(Cc1cccc(Cl)c1)c1cccc(Cl)c1. The van der Waals surface area contributed by atoms with Crippen molar-refractivity contribution in [3.8, 4) is 0 Å². The lowest BCUT2D eigenvalue weighted by Gasteiger charge is -2.18. The summed E-state index contributed by atoms with van der Waals surface area (Å²) in [6.07, 6.45) is 0.952. The van der Waals surface area contributed by atoms with E-state index in [1.807, 2.05) is 36.4 Å².